The van der Waals surface area contributed by atoms with E-state index in [1.165, 1.54) is 5.56 Å². The van der Waals surface area contributed by atoms with Gasteiger partial charge in [0.15, 0.2) is 0 Å². The van der Waals surface area contributed by atoms with Crippen molar-refractivity contribution in [2.24, 2.45) is 0 Å². The summed E-state index contributed by atoms with van der Waals surface area (Å²) in [6, 6.07) is 8.08. The molecule has 0 aliphatic rings. The lowest BCUT2D eigenvalue weighted by molar-refractivity contribution is 0.807. The standard InChI is InChI=1S/C13H16N2O/c1-3-9-5-4-6-10-7-11(8-14-2)13(16)15-12(9)10/h4-7,14H,3,8H2,1-2H3,(H,15,16). The van der Waals surface area contributed by atoms with Gasteiger partial charge in [-0.25, -0.2) is 0 Å². The first kappa shape index (κ1) is 10.9. The normalized spacial score (nSPS) is 10.9. The minimum absolute atomic E-state index is 0.00255. The Balaban J connectivity index is 2.68. The van der Waals surface area contributed by atoms with Gasteiger partial charge in [0.1, 0.15) is 0 Å². The summed E-state index contributed by atoms with van der Waals surface area (Å²) >= 11 is 0. The van der Waals surface area contributed by atoms with Crippen molar-refractivity contribution in [1.29, 1.82) is 0 Å². The maximum atomic E-state index is 11.8. The summed E-state index contributed by atoms with van der Waals surface area (Å²) in [4.78, 5) is 14.8. The van der Waals surface area contributed by atoms with Crippen LogP contribution in [-0.4, -0.2) is 12.0 Å². The number of fused-ring (bicyclic) bond motifs is 1. The van der Waals surface area contributed by atoms with Crippen LogP contribution in [0.5, 0.6) is 0 Å². The van der Waals surface area contributed by atoms with Crippen molar-refractivity contribution in [2.45, 2.75) is 19.9 Å². The van der Waals surface area contributed by atoms with E-state index in [-0.39, 0.29) is 5.56 Å². The van der Waals surface area contributed by atoms with E-state index in [4.69, 9.17) is 0 Å². The van der Waals surface area contributed by atoms with Gasteiger partial charge in [0.2, 0.25) is 0 Å². The summed E-state index contributed by atoms with van der Waals surface area (Å²) in [7, 11) is 1.84. The van der Waals surface area contributed by atoms with Crippen LogP contribution in [0.1, 0.15) is 18.1 Å². The number of hydrogen-bond acceptors (Lipinski definition) is 2. The topological polar surface area (TPSA) is 44.9 Å². The lowest BCUT2D eigenvalue weighted by Gasteiger charge is -2.06. The molecule has 2 N–H and O–H groups in total. The first-order valence-corrected chi connectivity index (χ1v) is 5.54. The predicted octanol–water partition coefficient (Wildman–Crippen LogP) is 1.81. The van der Waals surface area contributed by atoms with Gasteiger partial charge < -0.3 is 10.3 Å². The van der Waals surface area contributed by atoms with Gasteiger partial charge in [-0.2, -0.15) is 0 Å². The minimum Gasteiger partial charge on any atom is -0.321 e. The molecule has 2 rings (SSSR count). The van der Waals surface area contributed by atoms with Gasteiger partial charge in [-0.15, -0.1) is 0 Å². The van der Waals surface area contributed by atoms with Gasteiger partial charge in [-0.05, 0) is 30.5 Å². The Labute approximate surface area is 94.5 Å². The quantitative estimate of drug-likeness (QED) is 0.822. The Morgan fingerprint density at radius 3 is 2.81 bits per heavy atom. The maximum Gasteiger partial charge on any atom is 0.252 e. The van der Waals surface area contributed by atoms with E-state index in [0.29, 0.717) is 6.54 Å². The average Bonchev–Trinajstić information content (AvgIpc) is 2.30. The van der Waals surface area contributed by atoms with E-state index < -0.39 is 0 Å². The Hall–Kier alpha value is -1.61. The Bertz CT molecular complexity index is 557. The molecule has 0 atom stereocenters. The van der Waals surface area contributed by atoms with E-state index in [1.807, 2.05) is 25.2 Å². The van der Waals surface area contributed by atoms with Crippen molar-refractivity contribution >= 4 is 10.9 Å². The monoisotopic (exact) mass is 216 g/mol. The van der Waals surface area contributed by atoms with E-state index in [0.717, 1.165) is 22.9 Å². The van der Waals surface area contributed by atoms with Gasteiger partial charge in [-0.1, -0.05) is 25.1 Å². The average molecular weight is 216 g/mol. The third-order valence-electron chi connectivity index (χ3n) is 2.79. The molecule has 2 aromatic rings. The Morgan fingerprint density at radius 2 is 2.12 bits per heavy atom. The highest BCUT2D eigenvalue weighted by Gasteiger charge is 2.04. The fraction of sp³-hybridized carbons (Fsp3) is 0.308. The highest BCUT2D eigenvalue weighted by atomic mass is 16.1. The molecule has 0 saturated carbocycles. The lowest BCUT2D eigenvalue weighted by atomic mass is 10.1. The molecule has 3 heteroatoms. The van der Waals surface area contributed by atoms with Crippen molar-refractivity contribution in [3.05, 3.63) is 45.7 Å². The van der Waals surface area contributed by atoms with Crippen LogP contribution in [-0.2, 0) is 13.0 Å². The first-order valence-electron chi connectivity index (χ1n) is 5.54. The van der Waals surface area contributed by atoms with E-state index in [9.17, 15) is 4.79 Å². The number of H-pyrrole nitrogens is 1. The van der Waals surface area contributed by atoms with Crippen molar-refractivity contribution in [2.75, 3.05) is 7.05 Å². The molecule has 0 spiro atoms. The third-order valence-corrected chi connectivity index (χ3v) is 2.79. The van der Waals surface area contributed by atoms with Crippen LogP contribution < -0.4 is 10.9 Å². The molecule has 0 fully saturated rings. The largest absolute Gasteiger partial charge is 0.321 e. The molecule has 1 aromatic carbocycles. The number of aryl methyl sites for hydroxylation is 1. The van der Waals surface area contributed by atoms with Gasteiger partial charge >= 0.3 is 0 Å². The Kier molecular flexibility index (Phi) is 3.06. The smallest absolute Gasteiger partial charge is 0.252 e. The molecule has 0 bridgehead atoms. The zero-order valence-corrected chi connectivity index (χ0v) is 9.63. The molecule has 0 aliphatic heterocycles. The SMILES string of the molecule is CCc1cccc2cc(CNC)c(=O)[nH]c12. The molecule has 16 heavy (non-hydrogen) atoms. The fourth-order valence-electron chi connectivity index (χ4n) is 1.96. The zero-order valence-electron chi connectivity index (χ0n) is 9.63. The number of nitrogens with one attached hydrogen (secondary N) is 2. The Morgan fingerprint density at radius 1 is 1.31 bits per heavy atom. The number of benzene rings is 1. The van der Waals surface area contributed by atoms with E-state index in [2.05, 4.69) is 23.3 Å². The molecule has 0 amide bonds. The molecule has 84 valence electrons. The van der Waals surface area contributed by atoms with Crippen molar-refractivity contribution in [1.82, 2.24) is 10.3 Å². The molecule has 0 radical (unpaired) electrons. The van der Waals surface area contributed by atoms with Crippen molar-refractivity contribution in [3.63, 3.8) is 0 Å². The van der Waals surface area contributed by atoms with Gasteiger partial charge in [0, 0.05) is 12.1 Å². The van der Waals surface area contributed by atoms with Gasteiger partial charge in [0.05, 0.1) is 5.52 Å². The predicted molar refractivity (Wildman–Crippen MR) is 66.7 cm³/mol. The molecule has 1 aromatic heterocycles. The molecule has 0 aliphatic carbocycles. The summed E-state index contributed by atoms with van der Waals surface area (Å²) in [5, 5.41) is 4.10. The van der Waals surface area contributed by atoms with Crippen LogP contribution in [0, 0.1) is 0 Å². The van der Waals surface area contributed by atoms with Crippen LogP contribution in [0.3, 0.4) is 0 Å². The summed E-state index contributed by atoms with van der Waals surface area (Å²) in [5.74, 6) is 0. The van der Waals surface area contributed by atoms with Crippen molar-refractivity contribution in [3.8, 4) is 0 Å². The van der Waals surface area contributed by atoms with E-state index in [1.54, 1.807) is 0 Å². The summed E-state index contributed by atoms with van der Waals surface area (Å²) < 4.78 is 0. The second-order valence-corrected chi connectivity index (χ2v) is 3.89. The number of pyridine rings is 1. The lowest BCUT2D eigenvalue weighted by Crippen LogP contribution is -2.18. The molecule has 0 unspecified atom stereocenters. The maximum absolute atomic E-state index is 11.8. The van der Waals surface area contributed by atoms with Crippen LogP contribution in [0.25, 0.3) is 10.9 Å². The molecular weight excluding hydrogens is 200 g/mol. The van der Waals surface area contributed by atoms with Gasteiger partial charge in [0.25, 0.3) is 5.56 Å². The molecule has 0 saturated heterocycles. The molecule has 3 nitrogen and oxygen atoms in total. The minimum atomic E-state index is 0.00255. The second-order valence-electron chi connectivity index (χ2n) is 3.89. The summed E-state index contributed by atoms with van der Waals surface area (Å²) in [6.45, 7) is 2.69. The fourth-order valence-corrected chi connectivity index (χ4v) is 1.96. The highest BCUT2D eigenvalue weighted by molar-refractivity contribution is 5.82. The third kappa shape index (κ3) is 1.86. The number of aromatic amines is 1. The molecular formula is C13H16N2O. The van der Waals surface area contributed by atoms with Crippen LogP contribution in [0.2, 0.25) is 0 Å². The van der Waals surface area contributed by atoms with Crippen molar-refractivity contribution < 1.29 is 0 Å². The van der Waals surface area contributed by atoms with E-state index >= 15 is 0 Å². The van der Waals surface area contributed by atoms with Crippen LogP contribution in [0.4, 0.5) is 0 Å². The first-order chi connectivity index (χ1) is 7.76. The van der Waals surface area contributed by atoms with Crippen LogP contribution >= 0.6 is 0 Å². The number of hydrogen-bond donors (Lipinski definition) is 2. The summed E-state index contributed by atoms with van der Waals surface area (Å²) in [6.07, 6.45) is 0.929. The summed E-state index contributed by atoms with van der Waals surface area (Å²) in [5.41, 5.74) is 2.94. The van der Waals surface area contributed by atoms with Crippen LogP contribution in [0.15, 0.2) is 29.1 Å². The number of aromatic nitrogens is 1. The second kappa shape index (κ2) is 4.49. The molecule has 1 heterocycles. The van der Waals surface area contributed by atoms with Gasteiger partial charge in [-0.3, -0.25) is 4.79 Å². The number of para-hydroxylation sites is 1. The zero-order chi connectivity index (χ0) is 11.5. The number of rotatable bonds is 3. The highest BCUT2D eigenvalue weighted by Crippen LogP contribution is 2.16.